The Balaban J connectivity index is 2.22. The number of pyridine rings is 1. The second-order valence-corrected chi connectivity index (χ2v) is 6.26. The second-order valence-electron chi connectivity index (χ2n) is 6.26. The summed E-state index contributed by atoms with van der Waals surface area (Å²) in [5.41, 5.74) is 13.5. The topological polar surface area (TPSA) is 111 Å². The van der Waals surface area contributed by atoms with Gasteiger partial charge in [-0.2, -0.15) is 0 Å². The molecule has 5 N–H and O–H groups in total. The molecule has 0 radical (unpaired) electrons. The zero-order valence-corrected chi connectivity index (χ0v) is 15.8. The van der Waals surface area contributed by atoms with Gasteiger partial charge in [0.15, 0.2) is 0 Å². The van der Waals surface area contributed by atoms with Gasteiger partial charge in [-0.25, -0.2) is 18.8 Å². The summed E-state index contributed by atoms with van der Waals surface area (Å²) in [5, 5.41) is 2.88. The van der Waals surface area contributed by atoms with Crippen molar-refractivity contribution < 1.29 is 13.5 Å². The van der Waals surface area contributed by atoms with Crippen LogP contribution >= 0.6 is 0 Å². The highest BCUT2D eigenvalue weighted by Gasteiger charge is 2.16. The molecule has 9 heteroatoms. The van der Waals surface area contributed by atoms with Gasteiger partial charge in [-0.3, -0.25) is 4.99 Å². The number of hydrogen-bond acceptors (Lipinski definition) is 7. The molecule has 150 valence electrons. The molecule has 0 spiro atoms. The number of hydrogen-bond donors (Lipinski definition) is 3. The molecule has 1 fully saturated rings. The Kier molecular flexibility index (Phi) is 7.39. The fourth-order valence-corrected chi connectivity index (χ4v) is 2.27. The molecule has 1 saturated heterocycles. The van der Waals surface area contributed by atoms with E-state index in [9.17, 15) is 8.78 Å². The van der Waals surface area contributed by atoms with Gasteiger partial charge in [-0.15, -0.1) is 0 Å². The number of aromatic nitrogens is 1. The standard InChI is InChI=1S/C19H24F2N6O/c1-11-4-17(27-18(5-12(2)23)26-13(3)19(20)21)25-8-16(11)14(6-22)7-24-15-9-28-10-15/h4-8,15,19H,2,9-10,22-23H2,1,3H3,(H,25,27)/b14-6+,18-5+,24-7?,26-13+. The van der Waals surface area contributed by atoms with E-state index in [-0.39, 0.29) is 23.3 Å². The maximum Gasteiger partial charge on any atom is 0.276 e. The number of nitrogens with zero attached hydrogens (tertiary/aromatic N) is 3. The van der Waals surface area contributed by atoms with Gasteiger partial charge in [0.2, 0.25) is 0 Å². The summed E-state index contributed by atoms with van der Waals surface area (Å²) in [6, 6.07) is 1.90. The van der Waals surface area contributed by atoms with E-state index in [1.807, 2.05) is 6.92 Å². The summed E-state index contributed by atoms with van der Waals surface area (Å²) in [6.45, 7) is 7.86. The zero-order chi connectivity index (χ0) is 20.7. The lowest BCUT2D eigenvalue weighted by Crippen LogP contribution is -2.31. The largest absolute Gasteiger partial charge is 0.404 e. The van der Waals surface area contributed by atoms with Gasteiger partial charge < -0.3 is 21.5 Å². The van der Waals surface area contributed by atoms with Crippen LogP contribution in [0.3, 0.4) is 0 Å². The van der Waals surface area contributed by atoms with Gasteiger partial charge in [-0.1, -0.05) is 6.58 Å². The summed E-state index contributed by atoms with van der Waals surface area (Å²) < 4.78 is 30.6. The number of alkyl halides is 2. The summed E-state index contributed by atoms with van der Waals surface area (Å²) in [4.78, 5) is 12.6. The molecule has 1 aromatic rings. The van der Waals surface area contributed by atoms with Crippen molar-refractivity contribution in [3.05, 3.63) is 53.8 Å². The third kappa shape index (κ3) is 5.98. The third-order valence-corrected chi connectivity index (χ3v) is 3.84. The molecule has 0 saturated carbocycles. The third-order valence-electron chi connectivity index (χ3n) is 3.84. The summed E-state index contributed by atoms with van der Waals surface area (Å²) >= 11 is 0. The zero-order valence-electron chi connectivity index (χ0n) is 15.8. The molecule has 0 aliphatic carbocycles. The number of ether oxygens (including phenoxy) is 1. The van der Waals surface area contributed by atoms with Gasteiger partial charge in [-0.05, 0) is 25.5 Å². The molecule has 0 bridgehead atoms. The minimum absolute atomic E-state index is 0.117. The van der Waals surface area contributed by atoms with Gasteiger partial charge in [0.25, 0.3) is 6.43 Å². The molecule has 0 aromatic carbocycles. The van der Waals surface area contributed by atoms with Crippen LogP contribution in [-0.4, -0.2) is 42.6 Å². The number of allylic oxidation sites excluding steroid dienone is 2. The first-order chi connectivity index (χ1) is 13.3. The van der Waals surface area contributed by atoms with Crippen molar-refractivity contribution in [1.29, 1.82) is 0 Å². The van der Waals surface area contributed by atoms with E-state index >= 15 is 0 Å². The number of aryl methyl sites for hydroxylation is 1. The normalized spacial score (nSPS) is 16.5. The fraction of sp³-hybridized carbons (Fsp3) is 0.316. The lowest BCUT2D eigenvalue weighted by atomic mass is 10.0. The van der Waals surface area contributed by atoms with Crippen LogP contribution in [0.4, 0.5) is 14.6 Å². The number of aliphatic imine (C=N–C) groups is 2. The van der Waals surface area contributed by atoms with Crippen LogP contribution < -0.4 is 16.8 Å². The van der Waals surface area contributed by atoms with Crippen molar-refractivity contribution in [2.45, 2.75) is 26.3 Å². The quantitative estimate of drug-likeness (QED) is 0.467. The Morgan fingerprint density at radius 2 is 2.18 bits per heavy atom. The van der Waals surface area contributed by atoms with E-state index < -0.39 is 6.43 Å². The molecule has 0 unspecified atom stereocenters. The van der Waals surface area contributed by atoms with E-state index in [0.717, 1.165) is 16.7 Å². The first kappa shape index (κ1) is 21.2. The number of halogens is 2. The van der Waals surface area contributed by atoms with Gasteiger partial charge in [0.1, 0.15) is 11.6 Å². The predicted molar refractivity (Wildman–Crippen MR) is 108 cm³/mol. The predicted octanol–water partition coefficient (Wildman–Crippen LogP) is 2.61. The SMILES string of the molecule is C=C(N)/C=C(\N=C(/C)C(F)F)Nc1cc(C)c(/C(C=NC2COC2)=C/N)cn1. The van der Waals surface area contributed by atoms with Crippen molar-refractivity contribution in [1.82, 2.24) is 4.98 Å². The average molecular weight is 390 g/mol. The number of nitrogens with one attached hydrogen (secondary N) is 1. The maximum absolute atomic E-state index is 12.8. The molecule has 2 rings (SSSR count). The van der Waals surface area contributed by atoms with Crippen molar-refractivity contribution in [2.24, 2.45) is 21.5 Å². The van der Waals surface area contributed by atoms with E-state index in [4.69, 9.17) is 16.2 Å². The van der Waals surface area contributed by atoms with E-state index in [1.54, 1.807) is 18.5 Å². The molecular weight excluding hydrogens is 366 g/mol. The Morgan fingerprint density at radius 1 is 1.46 bits per heavy atom. The minimum atomic E-state index is -2.68. The van der Waals surface area contributed by atoms with E-state index in [2.05, 4.69) is 26.9 Å². The van der Waals surface area contributed by atoms with Crippen molar-refractivity contribution in [2.75, 3.05) is 18.5 Å². The Labute approximate surface area is 162 Å². The van der Waals surface area contributed by atoms with Crippen molar-refractivity contribution in [3.63, 3.8) is 0 Å². The summed E-state index contributed by atoms with van der Waals surface area (Å²) in [5.74, 6) is 0.534. The molecule has 1 aliphatic rings. The van der Waals surface area contributed by atoms with E-state index in [0.29, 0.717) is 19.0 Å². The van der Waals surface area contributed by atoms with E-state index in [1.165, 1.54) is 19.2 Å². The van der Waals surface area contributed by atoms with Gasteiger partial charge in [0.05, 0.1) is 25.0 Å². The lowest BCUT2D eigenvalue weighted by Gasteiger charge is -2.21. The van der Waals surface area contributed by atoms with Crippen LogP contribution in [0.1, 0.15) is 18.1 Å². The number of rotatable bonds is 8. The van der Waals surface area contributed by atoms with Gasteiger partial charge >= 0.3 is 0 Å². The molecule has 1 aliphatic heterocycles. The number of nitrogens with two attached hydrogens (primary N) is 2. The molecule has 0 atom stereocenters. The molecule has 2 heterocycles. The fourth-order valence-electron chi connectivity index (χ4n) is 2.27. The van der Waals surface area contributed by atoms with Gasteiger partial charge in [0, 0.05) is 41.5 Å². The average Bonchev–Trinajstić information content (AvgIpc) is 2.57. The molecule has 0 amide bonds. The lowest BCUT2D eigenvalue weighted by molar-refractivity contribution is 0.0136. The summed E-state index contributed by atoms with van der Waals surface area (Å²) in [7, 11) is 0. The Bertz CT molecular complexity index is 841. The molecule has 1 aromatic heterocycles. The Hall–Kier alpha value is -3.07. The van der Waals surface area contributed by atoms with Crippen LogP contribution in [-0.2, 0) is 4.74 Å². The number of anilines is 1. The second kappa shape index (κ2) is 9.75. The first-order valence-electron chi connectivity index (χ1n) is 8.56. The monoisotopic (exact) mass is 390 g/mol. The highest BCUT2D eigenvalue weighted by molar-refractivity contribution is 6.10. The highest BCUT2D eigenvalue weighted by Crippen LogP contribution is 2.20. The highest BCUT2D eigenvalue weighted by atomic mass is 19.3. The van der Waals surface area contributed by atoms with Crippen LogP contribution in [0.15, 0.2) is 52.6 Å². The van der Waals surface area contributed by atoms with Crippen LogP contribution in [0.2, 0.25) is 0 Å². The molecular formula is C19H24F2N6O. The summed E-state index contributed by atoms with van der Waals surface area (Å²) in [6.07, 6.45) is 3.46. The van der Waals surface area contributed by atoms with Crippen LogP contribution in [0.5, 0.6) is 0 Å². The van der Waals surface area contributed by atoms with Crippen LogP contribution in [0, 0.1) is 6.92 Å². The van der Waals surface area contributed by atoms with Crippen LogP contribution in [0.25, 0.3) is 5.57 Å². The molecule has 7 nitrogen and oxygen atoms in total. The maximum atomic E-state index is 12.8. The minimum Gasteiger partial charge on any atom is -0.404 e. The smallest absolute Gasteiger partial charge is 0.276 e. The van der Waals surface area contributed by atoms with Crippen molar-refractivity contribution in [3.8, 4) is 0 Å². The first-order valence-corrected chi connectivity index (χ1v) is 8.56. The molecule has 28 heavy (non-hydrogen) atoms. The van der Waals surface area contributed by atoms with Crippen molar-refractivity contribution >= 4 is 23.3 Å². The Morgan fingerprint density at radius 3 is 2.68 bits per heavy atom.